The quantitative estimate of drug-likeness (QED) is 0.914. The molecule has 1 unspecified atom stereocenters. The van der Waals surface area contributed by atoms with Gasteiger partial charge in [-0.25, -0.2) is 0 Å². The molecule has 20 heavy (non-hydrogen) atoms. The van der Waals surface area contributed by atoms with E-state index in [0.29, 0.717) is 18.5 Å². The number of anilines is 1. The first-order valence-corrected chi connectivity index (χ1v) is 7.42. The van der Waals surface area contributed by atoms with Crippen LogP contribution in [0.5, 0.6) is 0 Å². The topological polar surface area (TPSA) is 49.4 Å². The molecular formula is C16H20N2O2. The van der Waals surface area contributed by atoms with Gasteiger partial charge in [0.05, 0.1) is 11.3 Å². The van der Waals surface area contributed by atoms with E-state index in [0.717, 1.165) is 18.0 Å². The summed E-state index contributed by atoms with van der Waals surface area (Å²) in [7, 11) is 0. The van der Waals surface area contributed by atoms with Gasteiger partial charge in [0.2, 0.25) is 5.91 Å². The summed E-state index contributed by atoms with van der Waals surface area (Å²) in [4.78, 5) is 26.7. The minimum atomic E-state index is -0.408. The average Bonchev–Trinajstić information content (AvgIpc) is 3.28. The Hall–Kier alpha value is -1.84. The van der Waals surface area contributed by atoms with Crippen LogP contribution in [0.1, 0.15) is 43.0 Å². The maximum absolute atomic E-state index is 12.6. The second-order valence-electron chi connectivity index (χ2n) is 5.67. The van der Waals surface area contributed by atoms with Crippen molar-refractivity contribution in [3.8, 4) is 0 Å². The first-order valence-electron chi connectivity index (χ1n) is 7.42. The summed E-state index contributed by atoms with van der Waals surface area (Å²) in [6.07, 6.45) is 4.21. The summed E-state index contributed by atoms with van der Waals surface area (Å²) in [6, 6.07) is 6.98. The van der Waals surface area contributed by atoms with Crippen molar-refractivity contribution in [1.29, 1.82) is 0 Å². The maximum atomic E-state index is 12.6. The summed E-state index contributed by atoms with van der Waals surface area (Å²) in [5.74, 6) is 0.642. The maximum Gasteiger partial charge on any atom is 0.254 e. The average molecular weight is 272 g/mol. The molecule has 1 atom stereocenters. The predicted molar refractivity (Wildman–Crippen MR) is 77.7 cm³/mol. The second kappa shape index (κ2) is 5.27. The molecule has 1 aliphatic carbocycles. The van der Waals surface area contributed by atoms with Gasteiger partial charge in [0, 0.05) is 6.54 Å². The lowest BCUT2D eigenvalue weighted by Crippen LogP contribution is -2.45. The summed E-state index contributed by atoms with van der Waals surface area (Å²) in [5.41, 5.74) is 1.36. The molecule has 2 aliphatic rings. The minimum absolute atomic E-state index is 0.0199. The zero-order valence-electron chi connectivity index (χ0n) is 11.8. The third kappa shape index (κ3) is 2.42. The van der Waals surface area contributed by atoms with Crippen LogP contribution >= 0.6 is 0 Å². The van der Waals surface area contributed by atoms with Gasteiger partial charge in [-0.15, -0.1) is 0 Å². The first-order chi connectivity index (χ1) is 9.70. The van der Waals surface area contributed by atoms with Crippen LogP contribution in [-0.2, 0) is 4.79 Å². The summed E-state index contributed by atoms with van der Waals surface area (Å²) in [6.45, 7) is 2.64. The van der Waals surface area contributed by atoms with E-state index in [2.05, 4.69) is 5.32 Å². The third-order valence-electron chi connectivity index (χ3n) is 4.18. The van der Waals surface area contributed by atoms with Gasteiger partial charge in [0.1, 0.15) is 6.04 Å². The van der Waals surface area contributed by atoms with Crippen molar-refractivity contribution in [1.82, 2.24) is 5.32 Å². The van der Waals surface area contributed by atoms with Gasteiger partial charge in [0.15, 0.2) is 0 Å². The number of nitrogens with one attached hydrogen (secondary N) is 1. The predicted octanol–water partition coefficient (Wildman–Crippen LogP) is 2.34. The summed E-state index contributed by atoms with van der Waals surface area (Å²) >= 11 is 0. The van der Waals surface area contributed by atoms with Gasteiger partial charge < -0.3 is 10.2 Å². The van der Waals surface area contributed by atoms with Crippen LogP contribution < -0.4 is 10.2 Å². The monoisotopic (exact) mass is 272 g/mol. The van der Waals surface area contributed by atoms with E-state index in [4.69, 9.17) is 0 Å². The molecule has 106 valence electrons. The molecule has 4 nitrogen and oxygen atoms in total. The fraction of sp³-hybridized carbons (Fsp3) is 0.500. The Balaban J connectivity index is 1.94. The van der Waals surface area contributed by atoms with E-state index in [-0.39, 0.29) is 11.8 Å². The highest BCUT2D eigenvalue weighted by Gasteiger charge is 2.33. The Morgan fingerprint density at radius 3 is 2.70 bits per heavy atom. The van der Waals surface area contributed by atoms with Crippen LogP contribution in [0.3, 0.4) is 0 Å². The van der Waals surface area contributed by atoms with Crippen molar-refractivity contribution in [2.24, 2.45) is 5.92 Å². The zero-order valence-corrected chi connectivity index (χ0v) is 11.8. The number of rotatable bonds is 4. The third-order valence-corrected chi connectivity index (χ3v) is 4.18. The molecule has 1 aliphatic heterocycles. The number of hydrogen-bond donors (Lipinski definition) is 1. The van der Waals surface area contributed by atoms with Crippen LogP contribution in [-0.4, -0.2) is 24.4 Å². The van der Waals surface area contributed by atoms with Crippen molar-refractivity contribution in [2.75, 3.05) is 11.4 Å². The largest absolute Gasteiger partial charge is 0.340 e. The SMILES string of the molecule is CCC1NC(=O)c2ccccc2N(CCC2CC2)C1=O. The molecule has 1 heterocycles. The van der Waals surface area contributed by atoms with Crippen LogP contribution in [0.15, 0.2) is 24.3 Å². The van der Waals surface area contributed by atoms with Crippen molar-refractivity contribution in [3.05, 3.63) is 29.8 Å². The lowest BCUT2D eigenvalue weighted by Gasteiger charge is -2.24. The molecule has 1 aromatic carbocycles. The fourth-order valence-corrected chi connectivity index (χ4v) is 2.73. The van der Waals surface area contributed by atoms with E-state index in [9.17, 15) is 9.59 Å². The summed E-state index contributed by atoms with van der Waals surface area (Å²) < 4.78 is 0. The highest BCUT2D eigenvalue weighted by Crippen LogP contribution is 2.34. The van der Waals surface area contributed by atoms with E-state index in [1.54, 1.807) is 11.0 Å². The van der Waals surface area contributed by atoms with Crippen LogP contribution in [0.25, 0.3) is 0 Å². The number of benzene rings is 1. The van der Waals surface area contributed by atoms with E-state index in [1.165, 1.54) is 12.8 Å². The van der Waals surface area contributed by atoms with Gasteiger partial charge in [-0.3, -0.25) is 9.59 Å². The molecule has 4 heteroatoms. The van der Waals surface area contributed by atoms with E-state index >= 15 is 0 Å². The van der Waals surface area contributed by atoms with Gasteiger partial charge >= 0.3 is 0 Å². The van der Waals surface area contributed by atoms with Crippen LogP contribution in [0, 0.1) is 5.92 Å². The van der Waals surface area contributed by atoms with E-state index in [1.807, 2.05) is 25.1 Å². The van der Waals surface area contributed by atoms with Crippen molar-refractivity contribution < 1.29 is 9.59 Å². The van der Waals surface area contributed by atoms with Crippen LogP contribution in [0.4, 0.5) is 5.69 Å². The lowest BCUT2D eigenvalue weighted by atomic mass is 10.1. The van der Waals surface area contributed by atoms with Crippen LogP contribution in [0.2, 0.25) is 0 Å². The molecule has 0 radical (unpaired) electrons. The molecule has 2 amide bonds. The second-order valence-corrected chi connectivity index (χ2v) is 5.67. The van der Waals surface area contributed by atoms with Gasteiger partial charge in [-0.2, -0.15) is 0 Å². The minimum Gasteiger partial charge on any atom is -0.340 e. The standard InChI is InChI=1S/C16H20N2O2/c1-2-13-16(20)18(10-9-11-7-8-11)14-6-4-3-5-12(14)15(19)17-13/h3-6,11,13H,2,7-10H2,1H3,(H,17,19). The molecular weight excluding hydrogens is 252 g/mol. The number of amides is 2. The van der Waals surface area contributed by atoms with Gasteiger partial charge in [-0.05, 0) is 30.9 Å². The number of carbonyl (C=O) groups excluding carboxylic acids is 2. The molecule has 3 rings (SSSR count). The van der Waals surface area contributed by atoms with Gasteiger partial charge in [0.25, 0.3) is 5.91 Å². The number of carbonyl (C=O) groups is 2. The Kier molecular flexibility index (Phi) is 3.47. The fourth-order valence-electron chi connectivity index (χ4n) is 2.73. The molecule has 0 spiro atoms. The number of nitrogens with zero attached hydrogens (tertiary/aromatic N) is 1. The van der Waals surface area contributed by atoms with Gasteiger partial charge in [-0.1, -0.05) is 31.9 Å². The number of para-hydroxylation sites is 1. The molecule has 0 bridgehead atoms. The molecule has 1 fully saturated rings. The first kappa shape index (κ1) is 13.2. The van der Waals surface area contributed by atoms with Crippen molar-refractivity contribution in [2.45, 2.75) is 38.6 Å². The smallest absolute Gasteiger partial charge is 0.254 e. The summed E-state index contributed by atoms with van der Waals surface area (Å²) in [5, 5.41) is 2.84. The molecule has 0 saturated heterocycles. The lowest BCUT2D eigenvalue weighted by molar-refractivity contribution is -0.120. The molecule has 0 aromatic heterocycles. The Morgan fingerprint density at radius 2 is 2.00 bits per heavy atom. The van der Waals surface area contributed by atoms with Crippen molar-refractivity contribution >= 4 is 17.5 Å². The molecule has 1 saturated carbocycles. The zero-order chi connectivity index (χ0) is 14.1. The van der Waals surface area contributed by atoms with E-state index < -0.39 is 6.04 Å². The normalized spacial score (nSPS) is 22.2. The Morgan fingerprint density at radius 1 is 1.25 bits per heavy atom. The van der Waals surface area contributed by atoms with Crippen molar-refractivity contribution in [3.63, 3.8) is 0 Å². The highest BCUT2D eigenvalue weighted by atomic mass is 16.2. The Bertz CT molecular complexity index is 537. The highest BCUT2D eigenvalue weighted by molar-refractivity contribution is 6.10. The number of fused-ring (bicyclic) bond motifs is 1. The molecule has 1 N–H and O–H groups in total. The molecule has 1 aromatic rings. The Labute approximate surface area is 119 Å². The number of hydrogen-bond acceptors (Lipinski definition) is 2.